The van der Waals surface area contributed by atoms with Gasteiger partial charge in [-0.1, -0.05) is 49.6 Å². The minimum absolute atomic E-state index is 0.121. The quantitative estimate of drug-likeness (QED) is 0.711. The highest BCUT2D eigenvalue weighted by molar-refractivity contribution is 5.80. The van der Waals surface area contributed by atoms with Crippen LogP contribution in [0.15, 0.2) is 30.3 Å². The fourth-order valence-electron chi connectivity index (χ4n) is 6.43. The summed E-state index contributed by atoms with van der Waals surface area (Å²) in [6.45, 7) is 4.47. The van der Waals surface area contributed by atoms with Crippen molar-refractivity contribution >= 4 is 11.9 Å². The first-order chi connectivity index (χ1) is 15.7. The van der Waals surface area contributed by atoms with E-state index in [1.165, 1.54) is 24.8 Å². The van der Waals surface area contributed by atoms with E-state index in [1.54, 1.807) is 0 Å². The number of urea groups is 1. The van der Waals surface area contributed by atoms with Crippen molar-refractivity contribution in [3.05, 3.63) is 35.9 Å². The largest absolute Gasteiger partial charge is 0.381 e. The zero-order chi connectivity index (χ0) is 22.0. The highest BCUT2D eigenvalue weighted by Crippen LogP contribution is 2.40. The van der Waals surface area contributed by atoms with Crippen LogP contribution in [0.1, 0.15) is 63.4 Å². The van der Waals surface area contributed by atoms with Crippen molar-refractivity contribution in [2.45, 2.75) is 75.9 Å². The number of hydrogen-bond donors (Lipinski definition) is 0. The molecule has 4 aliphatic rings. The van der Waals surface area contributed by atoms with E-state index in [1.807, 2.05) is 23.1 Å². The van der Waals surface area contributed by atoms with Gasteiger partial charge in [-0.05, 0) is 44.1 Å². The zero-order valence-corrected chi connectivity index (χ0v) is 19.2. The molecule has 0 radical (unpaired) electrons. The van der Waals surface area contributed by atoms with E-state index in [0.717, 1.165) is 71.4 Å². The van der Waals surface area contributed by atoms with Crippen LogP contribution in [-0.4, -0.2) is 71.1 Å². The topological polar surface area (TPSA) is 53.1 Å². The van der Waals surface area contributed by atoms with E-state index in [0.29, 0.717) is 12.5 Å². The third-order valence-electron chi connectivity index (χ3n) is 8.21. The van der Waals surface area contributed by atoms with Crippen LogP contribution < -0.4 is 0 Å². The number of nitrogens with zero attached hydrogens (tertiary/aromatic N) is 3. The van der Waals surface area contributed by atoms with Crippen LogP contribution in [0.2, 0.25) is 0 Å². The molecular formula is C26H37N3O3. The fourth-order valence-corrected chi connectivity index (χ4v) is 6.43. The average molecular weight is 440 g/mol. The number of carbonyl (C=O) groups is 2. The Bertz CT molecular complexity index is 794. The summed E-state index contributed by atoms with van der Waals surface area (Å²) in [5.41, 5.74) is 1.06. The van der Waals surface area contributed by atoms with Gasteiger partial charge in [0.25, 0.3) is 0 Å². The maximum atomic E-state index is 13.7. The lowest BCUT2D eigenvalue weighted by Crippen LogP contribution is -2.58. The Morgan fingerprint density at radius 3 is 2.34 bits per heavy atom. The predicted molar refractivity (Wildman–Crippen MR) is 123 cm³/mol. The van der Waals surface area contributed by atoms with Gasteiger partial charge in [0.1, 0.15) is 0 Å². The SMILES string of the molecule is O=C(C1CCCCC1)N1CCC(N2C(=O)N(Cc3ccccc3)CC23CCOCC3)CC1. The molecule has 1 saturated carbocycles. The monoisotopic (exact) mass is 439 g/mol. The van der Waals surface area contributed by atoms with E-state index >= 15 is 0 Å². The highest BCUT2D eigenvalue weighted by Gasteiger charge is 2.53. The van der Waals surface area contributed by atoms with Crippen molar-refractivity contribution in [3.8, 4) is 0 Å². The Labute approximate surface area is 191 Å². The summed E-state index contributed by atoms with van der Waals surface area (Å²) in [5, 5.41) is 0. The Morgan fingerprint density at radius 2 is 1.66 bits per heavy atom. The number of ether oxygens (including phenoxy) is 1. The summed E-state index contributed by atoms with van der Waals surface area (Å²) in [5.74, 6) is 0.597. The Kier molecular flexibility index (Phi) is 6.40. The number of rotatable bonds is 4. The summed E-state index contributed by atoms with van der Waals surface area (Å²) in [4.78, 5) is 33.0. The molecule has 4 fully saturated rings. The molecule has 0 bridgehead atoms. The third kappa shape index (κ3) is 4.26. The van der Waals surface area contributed by atoms with Crippen molar-refractivity contribution < 1.29 is 14.3 Å². The molecule has 1 aromatic carbocycles. The Balaban J connectivity index is 1.27. The molecule has 0 N–H and O–H groups in total. The van der Waals surface area contributed by atoms with Crippen LogP contribution in [0.25, 0.3) is 0 Å². The molecule has 32 heavy (non-hydrogen) atoms. The Morgan fingerprint density at radius 1 is 0.969 bits per heavy atom. The van der Waals surface area contributed by atoms with Crippen molar-refractivity contribution in [1.29, 1.82) is 0 Å². The zero-order valence-electron chi connectivity index (χ0n) is 19.2. The summed E-state index contributed by atoms with van der Waals surface area (Å²) < 4.78 is 5.69. The molecule has 0 unspecified atom stereocenters. The van der Waals surface area contributed by atoms with Crippen LogP contribution in [0.5, 0.6) is 0 Å². The number of carbonyl (C=O) groups excluding carboxylic acids is 2. The summed E-state index contributed by atoms with van der Waals surface area (Å²) in [6, 6.07) is 10.7. The van der Waals surface area contributed by atoms with E-state index in [-0.39, 0.29) is 23.5 Å². The van der Waals surface area contributed by atoms with E-state index < -0.39 is 0 Å². The van der Waals surface area contributed by atoms with Crippen LogP contribution in [-0.2, 0) is 16.1 Å². The molecule has 5 rings (SSSR count). The molecule has 6 nitrogen and oxygen atoms in total. The number of hydrogen-bond acceptors (Lipinski definition) is 3. The highest BCUT2D eigenvalue weighted by atomic mass is 16.5. The van der Waals surface area contributed by atoms with Crippen molar-refractivity contribution in [1.82, 2.24) is 14.7 Å². The first kappa shape index (κ1) is 21.7. The van der Waals surface area contributed by atoms with Gasteiger partial charge < -0.3 is 19.4 Å². The molecule has 0 aromatic heterocycles. The van der Waals surface area contributed by atoms with Gasteiger partial charge in [-0.15, -0.1) is 0 Å². The smallest absolute Gasteiger partial charge is 0.321 e. The van der Waals surface area contributed by atoms with E-state index in [4.69, 9.17) is 4.74 Å². The van der Waals surface area contributed by atoms with Gasteiger partial charge in [0.2, 0.25) is 5.91 Å². The van der Waals surface area contributed by atoms with Gasteiger partial charge in [0.05, 0.1) is 5.54 Å². The lowest BCUT2D eigenvalue weighted by Gasteiger charge is -2.46. The molecule has 3 amide bonds. The lowest BCUT2D eigenvalue weighted by molar-refractivity contribution is -0.138. The first-order valence-corrected chi connectivity index (χ1v) is 12.6. The molecule has 0 atom stereocenters. The minimum Gasteiger partial charge on any atom is -0.381 e. The molecule has 3 saturated heterocycles. The van der Waals surface area contributed by atoms with Gasteiger partial charge in [0.15, 0.2) is 0 Å². The predicted octanol–water partition coefficient (Wildman–Crippen LogP) is 4.04. The molecule has 1 aliphatic carbocycles. The average Bonchev–Trinajstić information content (AvgIpc) is 3.10. The van der Waals surface area contributed by atoms with E-state index in [9.17, 15) is 9.59 Å². The second kappa shape index (κ2) is 9.42. The maximum absolute atomic E-state index is 13.7. The molecular weight excluding hydrogens is 402 g/mol. The first-order valence-electron chi connectivity index (χ1n) is 12.6. The summed E-state index contributed by atoms with van der Waals surface area (Å²) in [6.07, 6.45) is 9.37. The van der Waals surface area contributed by atoms with Crippen LogP contribution in [0.3, 0.4) is 0 Å². The second-order valence-electron chi connectivity index (χ2n) is 10.2. The number of benzene rings is 1. The number of amides is 3. The van der Waals surface area contributed by atoms with Crippen molar-refractivity contribution in [3.63, 3.8) is 0 Å². The summed E-state index contributed by atoms with van der Waals surface area (Å²) >= 11 is 0. The molecule has 3 aliphatic heterocycles. The molecule has 3 heterocycles. The molecule has 6 heteroatoms. The molecule has 1 aromatic rings. The van der Waals surface area contributed by atoms with Crippen molar-refractivity contribution in [2.24, 2.45) is 5.92 Å². The van der Waals surface area contributed by atoms with Crippen LogP contribution in [0.4, 0.5) is 4.79 Å². The lowest BCUT2D eigenvalue weighted by atomic mass is 9.85. The van der Waals surface area contributed by atoms with E-state index in [2.05, 4.69) is 21.9 Å². The number of piperidine rings is 1. The van der Waals surface area contributed by atoms with Crippen LogP contribution >= 0.6 is 0 Å². The number of likely N-dealkylation sites (tertiary alicyclic amines) is 1. The molecule has 1 spiro atoms. The van der Waals surface area contributed by atoms with Gasteiger partial charge in [-0.3, -0.25) is 4.79 Å². The summed E-state index contributed by atoms with van der Waals surface area (Å²) in [7, 11) is 0. The third-order valence-corrected chi connectivity index (χ3v) is 8.21. The fraction of sp³-hybridized carbons (Fsp3) is 0.692. The van der Waals surface area contributed by atoms with Gasteiger partial charge in [-0.25, -0.2) is 4.79 Å². The molecule has 174 valence electrons. The van der Waals surface area contributed by atoms with Gasteiger partial charge >= 0.3 is 6.03 Å². The van der Waals surface area contributed by atoms with Crippen LogP contribution in [0, 0.1) is 5.92 Å². The van der Waals surface area contributed by atoms with Gasteiger partial charge in [0, 0.05) is 51.4 Å². The normalized spacial score (nSPS) is 25.0. The maximum Gasteiger partial charge on any atom is 0.321 e. The van der Waals surface area contributed by atoms with Crippen molar-refractivity contribution in [2.75, 3.05) is 32.8 Å². The van der Waals surface area contributed by atoms with Gasteiger partial charge in [-0.2, -0.15) is 0 Å². The Hall–Kier alpha value is -2.08. The second-order valence-corrected chi connectivity index (χ2v) is 10.2. The standard InChI is InChI=1S/C26H37N3O3/c30-24(22-9-5-2-6-10-22)27-15-11-23(12-16-27)29-25(31)28(19-21-7-3-1-4-8-21)20-26(29)13-17-32-18-14-26/h1,3-4,7-8,22-23H,2,5-6,9-20H2. The minimum atomic E-state index is -0.121.